The van der Waals surface area contributed by atoms with E-state index >= 15 is 0 Å². The van der Waals surface area contributed by atoms with E-state index in [1.54, 1.807) is 0 Å². The number of phenols is 2. The van der Waals surface area contributed by atoms with Gasteiger partial charge in [-0.1, -0.05) is 0 Å². The van der Waals surface area contributed by atoms with Crippen LogP contribution in [-0.2, 0) is 20.2 Å². The summed E-state index contributed by atoms with van der Waals surface area (Å²) in [6, 6.07) is 0.735. The molecule has 0 radical (unpaired) electrons. The van der Waals surface area contributed by atoms with Gasteiger partial charge < -0.3 is 10.2 Å². The monoisotopic (exact) mass is 366 g/mol. The molecule has 1 aromatic rings. The van der Waals surface area contributed by atoms with Crippen LogP contribution in [0.5, 0.6) is 11.5 Å². The van der Waals surface area contributed by atoms with Gasteiger partial charge in [0.2, 0.25) is 0 Å². The molecule has 0 aliphatic carbocycles. The van der Waals surface area contributed by atoms with E-state index < -0.39 is 41.5 Å². The van der Waals surface area contributed by atoms with Gasteiger partial charge in [0, 0.05) is 6.07 Å². The molecule has 0 aliphatic rings. The molecule has 0 heterocycles. The predicted molar refractivity (Wildman–Crippen MR) is 78.0 cm³/mol. The van der Waals surface area contributed by atoms with E-state index in [9.17, 15) is 16.8 Å². The van der Waals surface area contributed by atoms with Crippen LogP contribution in [0.3, 0.4) is 0 Å². The third-order valence-corrected chi connectivity index (χ3v) is 3.30. The Morgan fingerprint density at radius 1 is 0.750 bits per heavy atom. The van der Waals surface area contributed by atoms with Crippen LogP contribution < -0.4 is 0 Å². The third-order valence-electron chi connectivity index (χ3n) is 1.60. The molecule has 0 aliphatic heterocycles. The van der Waals surface area contributed by atoms with E-state index in [1.165, 1.54) is 0 Å². The topological polar surface area (TPSA) is 149 Å². The van der Waals surface area contributed by atoms with Crippen LogP contribution >= 0.6 is 0 Å². The Bertz CT molecular complexity index is 641. The van der Waals surface area contributed by atoms with Gasteiger partial charge in [0.05, 0.1) is 4.90 Å². The van der Waals surface area contributed by atoms with Gasteiger partial charge in [-0.2, -0.15) is 16.8 Å². The average Bonchev–Trinajstić information content (AvgIpc) is 2.05. The van der Waals surface area contributed by atoms with Gasteiger partial charge in [0.25, 0.3) is 20.2 Å². The fourth-order valence-corrected chi connectivity index (χ4v) is 2.14. The molecule has 98 valence electrons. The molecule has 1 rings (SSSR count). The number of hydrogen-bond acceptors (Lipinski definition) is 6. The molecule has 0 aromatic heterocycles. The predicted octanol–water partition coefficient (Wildman–Crippen LogP) is -3.00. The molecule has 0 fully saturated rings. The number of aromatic hydroxyl groups is 2. The van der Waals surface area contributed by atoms with Crippen molar-refractivity contribution in [1.29, 1.82) is 0 Å². The number of hydrogen-bond donors (Lipinski definition) is 4. The molecule has 8 nitrogen and oxygen atoms in total. The van der Waals surface area contributed by atoms with Crippen LogP contribution in [-0.4, -0.2) is 154 Å². The van der Waals surface area contributed by atoms with Crippen molar-refractivity contribution < 1.29 is 36.2 Å². The summed E-state index contributed by atoms with van der Waals surface area (Å²) in [5.74, 6) is -2.32. The molecule has 20 heavy (non-hydrogen) atoms. The van der Waals surface area contributed by atoms with E-state index in [1.807, 2.05) is 0 Å². The maximum atomic E-state index is 10.7. The first kappa shape index (κ1) is 30.5. The summed E-state index contributed by atoms with van der Waals surface area (Å²) in [7, 11) is -9.70. The molecule has 0 saturated carbocycles. The Hall–Kier alpha value is 2.64. The van der Waals surface area contributed by atoms with Crippen molar-refractivity contribution >= 4 is 138 Å². The second-order valence-corrected chi connectivity index (χ2v) is 5.55. The molecule has 0 spiro atoms. The van der Waals surface area contributed by atoms with E-state index in [4.69, 9.17) is 19.3 Å². The molecule has 0 amide bonds. The zero-order valence-corrected chi connectivity index (χ0v) is 9.03. The first-order chi connectivity index (χ1) is 7.03. The van der Waals surface area contributed by atoms with Crippen LogP contribution in [0, 0.1) is 0 Å². The Balaban J connectivity index is -0.000000320. The molecule has 14 heteroatoms. The molecule has 1 aromatic carbocycles. The van der Waals surface area contributed by atoms with E-state index in [2.05, 4.69) is 0 Å². The van der Waals surface area contributed by atoms with Crippen LogP contribution in [0.15, 0.2) is 21.9 Å². The van der Waals surface area contributed by atoms with Gasteiger partial charge in [0.1, 0.15) is 4.90 Å². The van der Waals surface area contributed by atoms with Gasteiger partial charge >= 0.3 is 118 Å². The van der Waals surface area contributed by atoms with Gasteiger partial charge in [-0.3, -0.25) is 9.11 Å². The summed E-state index contributed by atoms with van der Waals surface area (Å²) in [5.41, 5.74) is 0. The standard InChI is InChI=1S/C6H6O8S2.4Na.4H/c7-4-1-3(15(9,10)11)2-5(6(4)8)16(12,13)14;;;;;;;;/h1-2,7-8H,(H,9,10,11)(H,12,13,14);;;;;;;;. The zero-order chi connectivity index (χ0) is 12.7. The van der Waals surface area contributed by atoms with Gasteiger partial charge in [0.15, 0.2) is 11.5 Å². The van der Waals surface area contributed by atoms with E-state index in [-0.39, 0.29) is 118 Å². The minimum atomic E-state index is -4.92. The fraction of sp³-hybridized carbons (Fsp3) is 0. The number of benzene rings is 1. The minimum absolute atomic E-state index is 0. The molecule has 0 saturated heterocycles. The molecule has 4 N–H and O–H groups in total. The van der Waals surface area contributed by atoms with Crippen LogP contribution in [0.4, 0.5) is 0 Å². The van der Waals surface area contributed by atoms with E-state index in [0.717, 1.165) is 0 Å². The summed E-state index contributed by atoms with van der Waals surface area (Å²) in [6.07, 6.45) is 0. The summed E-state index contributed by atoms with van der Waals surface area (Å²) in [4.78, 5) is -2.20. The SMILES string of the molecule is O=S(=O)(O)c1cc(O)c(O)c(S(=O)(=O)O)c1.[NaH].[NaH].[NaH].[NaH]. The maximum absolute atomic E-state index is 10.7. The fourth-order valence-electron chi connectivity index (χ4n) is 0.914. The number of rotatable bonds is 2. The normalized spacial score (nSPS) is 10.1. The van der Waals surface area contributed by atoms with Crippen LogP contribution in [0.2, 0.25) is 0 Å². The Kier molecular flexibility index (Phi) is 17.1. The second-order valence-electron chi connectivity index (χ2n) is 2.74. The van der Waals surface area contributed by atoms with Gasteiger partial charge in [-0.05, 0) is 6.07 Å². The third kappa shape index (κ3) is 8.48. The zero-order valence-electron chi connectivity index (χ0n) is 7.39. The van der Waals surface area contributed by atoms with Crippen LogP contribution in [0.25, 0.3) is 0 Å². The van der Waals surface area contributed by atoms with Crippen molar-refractivity contribution in [3.63, 3.8) is 0 Å². The average molecular weight is 366 g/mol. The number of phenolic OH excluding ortho intramolecular Hbond substituents is 2. The second kappa shape index (κ2) is 11.2. The van der Waals surface area contributed by atoms with Crippen molar-refractivity contribution in [2.24, 2.45) is 0 Å². The van der Waals surface area contributed by atoms with Crippen molar-refractivity contribution in [1.82, 2.24) is 0 Å². The quantitative estimate of drug-likeness (QED) is 0.246. The first-order valence-electron chi connectivity index (χ1n) is 3.54. The first-order valence-corrected chi connectivity index (χ1v) is 6.42. The molecule has 0 unspecified atom stereocenters. The van der Waals surface area contributed by atoms with Gasteiger partial charge in [-0.15, -0.1) is 0 Å². The van der Waals surface area contributed by atoms with Crippen LogP contribution in [0.1, 0.15) is 0 Å². The van der Waals surface area contributed by atoms with E-state index in [0.29, 0.717) is 12.1 Å². The molecular weight excluding hydrogens is 356 g/mol. The Labute approximate surface area is 204 Å². The summed E-state index contributed by atoms with van der Waals surface area (Å²) in [6.45, 7) is 0. The van der Waals surface area contributed by atoms with Gasteiger partial charge in [-0.25, -0.2) is 0 Å². The van der Waals surface area contributed by atoms with Crippen molar-refractivity contribution in [3.8, 4) is 11.5 Å². The Morgan fingerprint density at radius 2 is 1.15 bits per heavy atom. The summed E-state index contributed by atoms with van der Waals surface area (Å²) >= 11 is 0. The summed E-state index contributed by atoms with van der Waals surface area (Å²) < 4.78 is 59.9. The molecule has 0 atom stereocenters. The molecule has 0 bridgehead atoms. The van der Waals surface area contributed by atoms with Crippen molar-refractivity contribution in [3.05, 3.63) is 12.1 Å². The van der Waals surface area contributed by atoms with Crippen molar-refractivity contribution in [2.45, 2.75) is 9.79 Å². The molecular formula is C6H10Na4O8S2. The van der Waals surface area contributed by atoms with Crippen molar-refractivity contribution in [2.75, 3.05) is 0 Å². The summed E-state index contributed by atoms with van der Waals surface area (Å²) in [5, 5.41) is 18.1. The Morgan fingerprint density at radius 3 is 1.45 bits per heavy atom.